The van der Waals surface area contributed by atoms with Crippen molar-refractivity contribution in [2.45, 2.75) is 12.5 Å². The van der Waals surface area contributed by atoms with E-state index in [9.17, 15) is 9.36 Å². The van der Waals surface area contributed by atoms with E-state index in [4.69, 9.17) is 4.74 Å². The van der Waals surface area contributed by atoms with Crippen molar-refractivity contribution in [1.82, 2.24) is 0 Å². The molecule has 1 heterocycles. The zero-order valence-electron chi connectivity index (χ0n) is 10.9. The van der Waals surface area contributed by atoms with Gasteiger partial charge in [-0.3, -0.25) is 4.79 Å². The Kier molecular flexibility index (Phi) is 3.45. The molecule has 2 aromatic carbocycles. The Hall–Kier alpha value is -1.86. The van der Waals surface area contributed by atoms with E-state index in [0.29, 0.717) is 12.6 Å². The quantitative estimate of drug-likeness (QED) is 0.640. The van der Waals surface area contributed by atoms with E-state index in [0.717, 1.165) is 10.6 Å². The lowest BCUT2D eigenvalue weighted by Gasteiger charge is -2.30. The first-order chi connectivity index (χ1) is 9.68. The predicted octanol–water partition coefficient (Wildman–Crippen LogP) is 2.32. The van der Waals surface area contributed by atoms with Gasteiger partial charge in [-0.25, -0.2) is 0 Å². The van der Waals surface area contributed by atoms with Crippen LogP contribution in [0.4, 0.5) is 0 Å². The number of cyclic esters (lactones) is 1. The second kappa shape index (κ2) is 5.26. The van der Waals surface area contributed by atoms with Crippen molar-refractivity contribution in [2.24, 2.45) is 0 Å². The maximum atomic E-state index is 13.5. The Morgan fingerprint density at radius 1 is 0.950 bits per heavy atom. The maximum Gasteiger partial charge on any atom is 0.309 e. The fourth-order valence-electron chi connectivity index (χ4n) is 2.45. The van der Waals surface area contributed by atoms with Gasteiger partial charge >= 0.3 is 5.97 Å². The van der Waals surface area contributed by atoms with Crippen molar-refractivity contribution in [3.05, 3.63) is 60.7 Å². The Bertz CT molecular complexity index is 600. The molecule has 0 saturated carbocycles. The fourth-order valence-corrected chi connectivity index (χ4v) is 5.25. The normalized spacial score (nSPS) is 18.2. The summed E-state index contributed by atoms with van der Waals surface area (Å²) < 4.78 is 18.6. The molecule has 0 N–H and O–H groups in total. The van der Waals surface area contributed by atoms with Gasteiger partial charge < -0.3 is 9.30 Å². The average Bonchev–Trinajstić information content (AvgIpc) is 2.47. The van der Waals surface area contributed by atoms with Crippen LogP contribution in [0.25, 0.3) is 0 Å². The molecule has 0 spiro atoms. The molecule has 2 aromatic rings. The minimum Gasteiger partial charge on any atom is -0.461 e. The van der Waals surface area contributed by atoms with Crippen LogP contribution >= 0.6 is 7.14 Å². The third-order valence-electron chi connectivity index (χ3n) is 3.50. The van der Waals surface area contributed by atoms with Crippen LogP contribution in [-0.2, 0) is 14.1 Å². The van der Waals surface area contributed by atoms with E-state index < -0.39 is 7.14 Å². The molecule has 1 atom stereocenters. The molecule has 1 saturated heterocycles. The first-order valence-corrected chi connectivity index (χ1v) is 8.47. The molecule has 0 bridgehead atoms. The smallest absolute Gasteiger partial charge is 0.309 e. The van der Waals surface area contributed by atoms with Gasteiger partial charge in [-0.15, -0.1) is 0 Å². The largest absolute Gasteiger partial charge is 0.461 e. The summed E-state index contributed by atoms with van der Waals surface area (Å²) in [5.74, 6) is -0.206. The van der Waals surface area contributed by atoms with Crippen LogP contribution in [0.15, 0.2) is 60.7 Å². The van der Waals surface area contributed by atoms with Gasteiger partial charge in [-0.05, 0) is 0 Å². The minimum atomic E-state index is -2.75. The monoisotopic (exact) mass is 286 g/mol. The summed E-state index contributed by atoms with van der Waals surface area (Å²) in [7, 11) is -2.75. The van der Waals surface area contributed by atoms with Crippen molar-refractivity contribution in [3.8, 4) is 0 Å². The lowest BCUT2D eigenvalue weighted by Crippen LogP contribution is -2.38. The molecule has 1 fully saturated rings. The number of benzene rings is 2. The van der Waals surface area contributed by atoms with Gasteiger partial charge in [0, 0.05) is 16.8 Å². The molecule has 0 aromatic heterocycles. The van der Waals surface area contributed by atoms with Crippen molar-refractivity contribution in [1.29, 1.82) is 0 Å². The Morgan fingerprint density at radius 2 is 1.40 bits per heavy atom. The Morgan fingerprint density at radius 3 is 1.80 bits per heavy atom. The zero-order chi connectivity index (χ0) is 14.0. The number of carbonyl (C=O) groups excluding carboxylic acids is 1. The highest BCUT2D eigenvalue weighted by Gasteiger charge is 2.37. The summed E-state index contributed by atoms with van der Waals surface area (Å²) >= 11 is 0. The lowest BCUT2D eigenvalue weighted by molar-refractivity contribution is -0.166. The summed E-state index contributed by atoms with van der Waals surface area (Å²) in [5, 5.41) is 1.63. The SMILES string of the molecule is O=C1CC(CP(=O)(c2ccccc2)c2ccccc2)O1. The average molecular weight is 286 g/mol. The van der Waals surface area contributed by atoms with Crippen molar-refractivity contribution in [2.75, 3.05) is 6.16 Å². The van der Waals surface area contributed by atoms with E-state index in [2.05, 4.69) is 0 Å². The number of carbonyl (C=O) groups is 1. The van der Waals surface area contributed by atoms with E-state index >= 15 is 0 Å². The predicted molar refractivity (Wildman–Crippen MR) is 79.1 cm³/mol. The summed E-state index contributed by atoms with van der Waals surface area (Å²) in [4.78, 5) is 11.0. The van der Waals surface area contributed by atoms with E-state index in [1.165, 1.54) is 0 Å². The molecule has 0 radical (unpaired) electrons. The number of hydrogen-bond acceptors (Lipinski definition) is 3. The number of rotatable bonds is 4. The van der Waals surface area contributed by atoms with Gasteiger partial charge in [-0.1, -0.05) is 60.7 Å². The molecule has 1 aliphatic rings. The lowest BCUT2D eigenvalue weighted by atomic mass is 10.2. The molecule has 3 nitrogen and oxygen atoms in total. The second-order valence-corrected chi connectivity index (χ2v) is 7.79. The highest BCUT2D eigenvalue weighted by molar-refractivity contribution is 7.78. The molecule has 0 aliphatic carbocycles. The first-order valence-electron chi connectivity index (χ1n) is 6.58. The standard InChI is InChI=1S/C16H15O3P/c17-16-11-13(19-16)12-20(18,14-7-3-1-4-8-14)15-9-5-2-6-10-15/h1-10,13H,11-12H2. The molecule has 3 rings (SSSR count). The molecule has 1 unspecified atom stereocenters. The molecule has 20 heavy (non-hydrogen) atoms. The van der Waals surface area contributed by atoms with E-state index in [-0.39, 0.29) is 12.1 Å². The van der Waals surface area contributed by atoms with Crippen LogP contribution < -0.4 is 10.6 Å². The molecule has 102 valence electrons. The summed E-state index contributed by atoms with van der Waals surface area (Å²) in [5.41, 5.74) is 0. The van der Waals surface area contributed by atoms with Crippen LogP contribution in [0.5, 0.6) is 0 Å². The van der Waals surface area contributed by atoms with Gasteiger partial charge in [0.05, 0.1) is 6.42 Å². The Labute approximate surface area is 118 Å². The summed E-state index contributed by atoms with van der Waals surface area (Å²) in [6.45, 7) is 0. The van der Waals surface area contributed by atoms with Gasteiger partial charge in [-0.2, -0.15) is 0 Å². The molecule has 0 amide bonds. The Balaban J connectivity index is 1.99. The number of hydrogen-bond donors (Lipinski definition) is 0. The minimum absolute atomic E-state index is 0.206. The summed E-state index contributed by atoms with van der Waals surface area (Å²) in [6, 6.07) is 18.9. The third kappa shape index (κ3) is 2.41. The topological polar surface area (TPSA) is 43.4 Å². The van der Waals surface area contributed by atoms with Crippen LogP contribution in [-0.4, -0.2) is 18.2 Å². The second-order valence-electron chi connectivity index (χ2n) is 4.91. The molecular formula is C16H15O3P. The van der Waals surface area contributed by atoms with Gasteiger partial charge in [0.25, 0.3) is 0 Å². The maximum absolute atomic E-state index is 13.5. The highest BCUT2D eigenvalue weighted by Crippen LogP contribution is 2.45. The van der Waals surface area contributed by atoms with Crippen molar-refractivity contribution in [3.63, 3.8) is 0 Å². The van der Waals surface area contributed by atoms with Crippen molar-refractivity contribution >= 4 is 23.7 Å². The number of esters is 1. The van der Waals surface area contributed by atoms with Crippen LogP contribution in [0.2, 0.25) is 0 Å². The van der Waals surface area contributed by atoms with Crippen LogP contribution in [0.1, 0.15) is 6.42 Å². The van der Waals surface area contributed by atoms with Gasteiger partial charge in [0.2, 0.25) is 0 Å². The molecule has 4 heteroatoms. The zero-order valence-corrected chi connectivity index (χ0v) is 11.8. The summed E-state index contributed by atoms with van der Waals surface area (Å²) in [6.07, 6.45) is 0.518. The first kappa shape index (κ1) is 13.1. The van der Waals surface area contributed by atoms with Crippen LogP contribution in [0.3, 0.4) is 0 Å². The number of ether oxygens (including phenoxy) is 1. The van der Waals surface area contributed by atoms with E-state index in [1.807, 2.05) is 60.7 Å². The molecular weight excluding hydrogens is 271 g/mol. The van der Waals surface area contributed by atoms with E-state index in [1.54, 1.807) is 0 Å². The highest BCUT2D eigenvalue weighted by atomic mass is 31.2. The third-order valence-corrected chi connectivity index (χ3v) is 6.69. The van der Waals surface area contributed by atoms with Gasteiger partial charge in [0.15, 0.2) is 0 Å². The van der Waals surface area contributed by atoms with Gasteiger partial charge in [0.1, 0.15) is 13.2 Å². The van der Waals surface area contributed by atoms with Crippen molar-refractivity contribution < 1.29 is 14.1 Å². The molecule has 1 aliphatic heterocycles. The van der Waals surface area contributed by atoms with Crippen LogP contribution in [0, 0.1) is 0 Å². The fraction of sp³-hybridized carbons (Fsp3) is 0.188.